The van der Waals surface area contributed by atoms with Crippen molar-refractivity contribution in [2.75, 3.05) is 5.73 Å². The van der Waals surface area contributed by atoms with E-state index in [0.717, 1.165) is 16.8 Å². The van der Waals surface area contributed by atoms with Crippen molar-refractivity contribution in [2.24, 2.45) is 0 Å². The van der Waals surface area contributed by atoms with Gasteiger partial charge in [-0.2, -0.15) is 5.26 Å². The number of hydrogen-bond acceptors (Lipinski definition) is 5. The molecule has 3 rings (SSSR count). The van der Waals surface area contributed by atoms with Crippen molar-refractivity contribution in [3.8, 4) is 6.07 Å². The minimum atomic E-state index is 0.624. The fourth-order valence-electron chi connectivity index (χ4n) is 2.05. The summed E-state index contributed by atoms with van der Waals surface area (Å²) >= 11 is 1.53. The first-order chi connectivity index (χ1) is 10.2. The molecule has 0 radical (unpaired) electrons. The second-order valence-electron chi connectivity index (χ2n) is 4.75. The van der Waals surface area contributed by atoms with Gasteiger partial charge in [0, 0.05) is 17.5 Å². The molecule has 104 valence electrons. The standard InChI is InChI=1S/C16H13N3OS/c1-10-6-11(8-17)2-3-12(10)9-21-16-19-14-5-4-13(18)7-15(14)20-16/h2-7H,9,18H2,1H3. The Balaban J connectivity index is 1.78. The van der Waals surface area contributed by atoms with Crippen LogP contribution in [0.3, 0.4) is 0 Å². The van der Waals surface area contributed by atoms with Crippen LogP contribution in [0.5, 0.6) is 0 Å². The van der Waals surface area contributed by atoms with Gasteiger partial charge in [0.05, 0.1) is 11.6 Å². The molecule has 0 atom stereocenters. The molecular formula is C16H13N3OS. The largest absolute Gasteiger partial charge is 0.431 e. The Morgan fingerprint density at radius 2 is 2.14 bits per heavy atom. The first-order valence-corrected chi connectivity index (χ1v) is 7.43. The molecule has 0 aliphatic rings. The van der Waals surface area contributed by atoms with Crippen molar-refractivity contribution in [3.05, 3.63) is 53.1 Å². The summed E-state index contributed by atoms with van der Waals surface area (Å²) < 4.78 is 5.67. The van der Waals surface area contributed by atoms with Crippen LogP contribution < -0.4 is 5.73 Å². The summed E-state index contributed by atoms with van der Waals surface area (Å²) in [7, 11) is 0. The van der Waals surface area contributed by atoms with Gasteiger partial charge in [-0.3, -0.25) is 0 Å². The third-order valence-electron chi connectivity index (χ3n) is 3.22. The van der Waals surface area contributed by atoms with Crippen LogP contribution in [0.15, 0.2) is 46.0 Å². The summed E-state index contributed by atoms with van der Waals surface area (Å²) in [5, 5.41) is 9.50. The van der Waals surface area contributed by atoms with E-state index < -0.39 is 0 Å². The highest BCUT2D eigenvalue weighted by molar-refractivity contribution is 7.98. The average Bonchev–Trinajstić information content (AvgIpc) is 2.87. The topological polar surface area (TPSA) is 75.8 Å². The molecule has 0 spiro atoms. The van der Waals surface area contributed by atoms with Gasteiger partial charge in [0.1, 0.15) is 5.52 Å². The second kappa shape index (κ2) is 5.51. The van der Waals surface area contributed by atoms with E-state index in [4.69, 9.17) is 15.4 Å². The van der Waals surface area contributed by atoms with Crippen LogP contribution in [0.2, 0.25) is 0 Å². The van der Waals surface area contributed by atoms with Crippen LogP contribution in [-0.4, -0.2) is 4.98 Å². The Kier molecular flexibility index (Phi) is 3.55. The lowest BCUT2D eigenvalue weighted by atomic mass is 10.1. The molecule has 0 saturated heterocycles. The number of nitrogens with two attached hydrogens (primary N) is 1. The maximum atomic E-state index is 8.87. The van der Waals surface area contributed by atoms with E-state index in [0.29, 0.717) is 22.1 Å². The van der Waals surface area contributed by atoms with Crippen molar-refractivity contribution in [1.29, 1.82) is 5.26 Å². The third kappa shape index (κ3) is 2.86. The summed E-state index contributed by atoms with van der Waals surface area (Å²) in [5.74, 6) is 0.750. The Labute approximate surface area is 126 Å². The van der Waals surface area contributed by atoms with Crippen LogP contribution in [0.4, 0.5) is 5.69 Å². The quantitative estimate of drug-likeness (QED) is 0.586. The zero-order valence-electron chi connectivity index (χ0n) is 11.5. The fourth-order valence-corrected chi connectivity index (χ4v) is 2.96. The number of nitrogen functional groups attached to an aromatic ring is 1. The highest BCUT2D eigenvalue weighted by atomic mass is 32.2. The number of benzene rings is 2. The molecule has 0 unspecified atom stereocenters. The molecule has 0 bridgehead atoms. The first kappa shape index (κ1) is 13.5. The number of hydrogen-bond donors (Lipinski definition) is 1. The molecule has 0 saturated carbocycles. The highest BCUT2D eigenvalue weighted by Gasteiger charge is 2.08. The van der Waals surface area contributed by atoms with E-state index >= 15 is 0 Å². The molecule has 0 amide bonds. The molecular weight excluding hydrogens is 282 g/mol. The minimum absolute atomic E-state index is 0.624. The number of fused-ring (bicyclic) bond motifs is 1. The lowest BCUT2D eigenvalue weighted by Gasteiger charge is -2.03. The Morgan fingerprint density at radius 1 is 1.29 bits per heavy atom. The Hall–Kier alpha value is -2.45. The van der Waals surface area contributed by atoms with E-state index in [-0.39, 0.29) is 0 Å². The van der Waals surface area contributed by atoms with Crippen molar-refractivity contribution in [3.63, 3.8) is 0 Å². The van der Waals surface area contributed by atoms with Gasteiger partial charge in [-0.25, -0.2) is 4.98 Å². The summed E-state index contributed by atoms with van der Waals surface area (Å²) in [4.78, 5) is 4.42. The van der Waals surface area contributed by atoms with Crippen LogP contribution in [0, 0.1) is 18.3 Å². The predicted molar refractivity (Wildman–Crippen MR) is 83.9 cm³/mol. The third-order valence-corrected chi connectivity index (χ3v) is 4.09. The highest BCUT2D eigenvalue weighted by Crippen LogP contribution is 2.28. The summed E-state index contributed by atoms with van der Waals surface area (Å²) in [6.07, 6.45) is 0. The van der Waals surface area contributed by atoms with Gasteiger partial charge in [-0.05, 0) is 42.3 Å². The van der Waals surface area contributed by atoms with E-state index in [2.05, 4.69) is 11.1 Å². The maximum absolute atomic E-state index is 8.87. The number of oxazole rings is 1. The van der Waals surface area contributed by atoms with Crippen LogP contribution in [-0.2, 0) is 5.75 Å². The van der Waals surface area contributed by atoms with Gasteiger partial charge >= 0.3 is 0 Å². The number of thioether (sulfide) groups is 1. The molecule has 0 fully saturated rings. The number of aromatic nitrogens is 1. The number of aryl methyl sites for hydroxylation is 1. The Bertz CT molecular complexity index is 848. The first-order valence-electron chi connectivity index (χ1n) is 6.44. The van der Waals surface area contributed by atoms with Gasteiger partial charge in [0.25, 0.3) is 5.22 Å². The van der Waals surface area contributed by atoms with Crippen molar-refractivity contribution in [1.82, 2.24) is 4.98 Å². The summed E-state index contributed by atoms with van der Waals surface area (Å²) in [5.41, 5.74) is 10.8. The Morgan fingerprint density at radius 3 is 2.90 bits per heavy atom. The lowest BCUT2D eigenvalue weighted by Crippen LogP contribution is -1.88. The zero-order valence-corrected chi connectivity index (χ0v) is 12.3. The van der Waals surface area contributed by atoms with Gasteiger partial charge < -0.3 is 10.2 Å². The molecule has 2 N–H and O–H groups in total. The summed E-state index contributed by atoms with van der Waals surface area (Å²) in [6.45, 7) is 2.00. The van der Waals surface area contributed by atoms with Crippen LogP contribution in [0.25, 0.3) is 11.1 Å². The molecule has 0 aliphatic carbocycles. The molecule has 1 heterocycles. The predicted octanol–water partition coefficient (Wildman–Crippen LogP) is 3.88. The van der Waals surface area contributed by atoms with Crippen LogP contribution >= 0.6 is 11.8 Å². The molecule has 21 heavy (non-hydrogen) atoms. The number of rotatable bonds is 3. The molecule has 4 nitrogen and oxygen atoms in total. The van der Waals surface area contributed by atoms with Gasteiger partial charge in [0.2, 0.25) is 0 Å². The van der Waals surface area contributed by atoms with Crippen molar-refractivity contribution in [2.45, 2.75) is 17.9 Å². The van der Waals surface area contributed by atoms with Gasteiger partial charge in [-0.1, -0.05) is 17.8 Å². The number of anilines is 1. The normalized spacial score (nSPS) is 10.7. The van der Waals surface area contributed by atoms with E-state index in [9.17, 15) is 0 Å². The number of nitriles is 1. The summed E-state index contributed by atoms with van der Waals surface area (Å²) in [6, 6.07) is 13.3. The van der Waals surface area contributed by atoms with Gasteiger partial charge in [-0.15, -0.1) is 0 Å². The maximum Gasteiger partial charge on any atom is 0.257 e. The molecule has 1 aromatic heterocycles. The molecule has 0 aliphatic heterocycles. The fraction of sp³-hybridized carbons (Fsp3) is 0.125. The lowest BCUT2D eigenvalue weighted by molar-refractivity contribution is 0.489. The van der Waals surface area contributed by atoms with Crippen LogP contribution in [0.1, 0.15) is 16.7 Å². The smallest absolute Gasteiger partial charge is 0.257 e. The second-order valence-corrected chi connectivity index (χ2v) is 5.68. The van der Waals surface area contributed by atoms with E-state index in [1.807, 2.05) is 37.3 Å². The molecule has 3 aromatic rings. The molecule has 2 aromatic carbocycles. The van der Waals surface area contributed by atoms with Crippen molar-refractivity contribution >= 4 is 28.5 Å². The average molecular weight is 295 g/mol. The minimum Gasteiger partial charge on any atom is -0.431 e. The monoisotopic (exact) mass is 295 g/mol. The van der Waals surface area contributed by atoms with Crippen molar-refractivity contribution < 1.29 is 4.42 Å². The zero-order chi connectivity index (χ0) is 14.8. The van der Waals surface area contributed by atoms with E-state index in [1.54, 1.807) is 6.07 Å². The van der Waals surface area contributed by atoms with E-state index in [1.165, 1.54) is 17.3 Å². The van der Waals surface area contributed by atoms with Gasteiger partial charge in [0.15, 0.2) is 5.58 Å². The molecule has 5 heteroatoms. The number of nitrogens with zero attached hydrogens (tertiary/aromatic N) is 2. The SMILES string of the molecule is Cc1cc(C#N)ccc1CSc1nc2ccc(N)cc2o1.